The summed E-state index contributed by atoms with van der Waals surface area (Å²) in [7, 11) is 0. The Morgan fingerprint density at radius 2 is 0.964 bits per heavy atom. The molecule has 3 heteroatoms. The molecular formula is C52H33NOS. The predicted molar refractivity (Wildman–Crippen MR) is 235 cm³/mol. The van der Waals surface area contributed by atoms with Crippen LogP contribution in [0.4, 0.5) is 17.1 Å². The fourth-order valence-corrected chi connectivity index (χ4v) is 9.35. The fourth-order valence-electron chi connectivity index (χ4n) is 8.11. The normalized spacial score (nSPS) is 11.6. The van der Waals surface area contributed by atoms with E-state index in [0.717, 1.165) is 50.1 Å². The van der Waals surface area contributed by atoms with Gasteiger partial charge in [-0.15, -0.1) is 11.3 Å². The number of furan rings is 1. The first-order valence-corrected chi connectivity index (χ1v) is 19.5. The molecule has 0 saturated carbocycles. The van der Waals surface area contributed by atoms with Gasteiger partial charge in [0.15, 0.2) is 0 Å². The molecule has 0 saturated heterocycles. The van der Waals surface area contributed by atoms with Gasteiger partial charge in [0.1, 0.15) is 11.2 Å². The number of hydrogen-bond acceptors (Lipinski definition) is 3. The molecule has 0 spiro atoms. The van der Waals surface area contributed by atoms with Gasteiger partial charge < -0.3 is 9.32 Å². The molecule has 9 aromatic carbocycles. The zero-order valence-corrected chi connectivity index (χ0v) is 30.6. The lowest BCUT2D eigenvalue weighted by molar-refractivity contribution is 0.669. The molecule has 2 heterocycles. The highest BCUT2D eigenvalue weighted by atomic mass is 32.1. The molecule has 0 N–H and O–H groups in total. The average molecular weight is 720 g/mol. The van der Waals surface area contributed by atoms with Crippen molar-refractivity contribution >= 4 is 81.3 Å². The van der Waals surface area contributed by atoms with Crippen LogP contribution in [-0.4, -0.2) is 0 Å². The Balaban J connectivity index is 1.01. The summed E-state index contributed by atoms with van der Waals surface area (Å²) in [6.07, 6.45) is 0. The molecule has 2 nitrogen and oxygen atoms in total. The van der Waals surface area contributed by atoms with Gasteiger partial charge in [-0.25, -0.2) is 0 Å². The van der Waals surface area contributed by atoms with Crippen molar-refractivity contribution in [2.75, 3.05) is 4.90 Å². The predicted octanol–water partition coefficient (Wildman–Crippen LogP) is 15.6. The van der Waals surface area contributed by atoms with Gasteiger partial charge in [0.25, 0.3) is 0 Å². The summed E-state index contributed by atoms with van der Waals surface area (Å²) in [5, 5.41) is 7.40. The molecule has 0 amide bonds. The number of fused-ring (bicyclic) bond motifs is 7. The third-order valence-electron chi connectivity index (χ3n) is 10.9. The molecule has 11 aromatic rings. The Bertz CT molecular complexity index is 3210. The van der Waals surface area contributed by atoms with Crippen LogP contribution in [0.2, 0.25) is 0 Å². The average Bonchev–Trinajstić information content (AvgIpc) is 3.82. The Morgan fingerprint density at radius 1 is 0.345 bits per heavy atom. The highest BCUT2D eigenvalue weighted by Crippen LogP contribution is 2.43. The van der Waals surface area contributed by atoms with E-state index in [1.54, 1.807) is 0 Å². The van der Waals surface area contributed by atoms with Gasteiger partial charge in [-0.3, -0.25) is 0 Å². The second kappa shape index (κ2) is 12.9. The molecular weight excluding hydrogens is 687 g/mol. The molecule has 0 radical (unpaired) electrons. The molecule has 0 aliphatic rings. The first kappa shape index (κ1) is 31.6. The standard InChI is InChI=1S/C52H33NOS/c1-2-10-37-31-38(20-19-34(37)9-1)35-21-26-41(27-22-35)53(42-28-23-36(24-29-42)39-25-30-46-45-13-3-5-17-49(45)54-50(46)33-39)43-12-7-11-40(32-43)44-15-8-16-48-47-14-4-6-18-51(47)55-52(44)48/h1-33H. The van der Waals surface area contributed by atoms with Gasteiger partial charge in [-0.05, 0) is 111 Å². The quantitative estimate of drug-likeness (QED) is 0.170. The summed E-state index contributed by atoms with van der Waals surface area (Å²) in [6.45, 7) is 0. The van der Waals surface area contributed by atoms with Crippen LogP contribution in [0.1, 0.15) is 0 Å². The van der Waals surface area contributed by atoms with E-state index >= 15 is 0 Å². The zero-order valence-electron chi connectivity index (χ0n) is 29.8. The minimum atomic E-state index is 0.904. The van der Waals surface area contributed by atoms with Crippen molar-refractivity contribution in [2.45, 2.75) is 0 Å². The minimum absolute atomic E-state index is 0.904. The first-order chi connectivity index (χ1) is 27.2. The van der Waals surface area contributed by atoms with Gasteiger partial charge in [-0.2, -0.15) is 0 Å². The summed E-state index contributed by atoms with van der Waals surface area (Å²) >= 11 is 1.87. The maximum absolute atomic E-state index is 6.24. The second-order valence-electron chi connectivity index (χ2n) is 14.1. The van der Waals surface area contributed by atoms with Crippen LogP contribution < -0.4 is 4.90 Å². The van der Waals surface area contributed by atoms with Crippen molar-refractivity contribution in [3.63, 3.8) is 0 Å². The SMILES string of the molecule is c1cc(-c2cccc3c2sc2ccccc23)cc(N(c2ccc(-c3ccc4ccccc4c3)cc2)c2ccc(-c3ccc4c(c3)oc3ccccc34)cc2)c1. The number of thiophene rings is 1. The summed E-state index contributed by atoms with van der Waals surface area (Å²) < 4.78 is 8.87. The van der Waals surface area contributed by atoms with E-state index in [1.807, 2.05) is 23.5 Å². The van der Waals surface area contributed by atoms with Crippen LogP contribution >= 0.6 is 11.3 Å². The van der Waals surface area contributed by atoms with E-state index in [-0.39, 0.29) is 0 Å². The molecule has 258 valence electrons. The smallest absolute Gasteiger partial charge is 0.136 e. The lowest BCUT2D eigenvalue weighted by Crippen LogP contribution is -2.10. The van der Waals surface area contributed by atoms with Gasteiger partial charge in [-0.1, -0.05) is 133 Å². The number of hydrogen-bond donors (Lipinski definition) is 0. The van der Waals surface area contributed by atoms with E-state index in [2.05, 4.69) is 193 Å². The Labute approximate surface area is 322 Å². The summed E-state index contributed by atoms with van der Waals surface area (Å²) in [6, 6.07) is 72.3. The van der Waals surface area contributed by atoms with Crippen molar-refractivity contribution in [3.05, 3.63) is 200 Å². The van der Waals surface area contributed by atoms with Gasteiger partial charge in [0.05, 0.1) is 0 Å². The molecule has 0 atom stereocenters. The van der Waals surface area contributed by atoms with Crippen molar-refractivity contribution in [1.29, 1.82) is 0 Å². The molecule has 0 unspecified atom stereocenters. The molecule has 0 bridgehead atoms. The van der Waals surface area contributed by atoms with Crippen molar-refractivity contribution in [1.82, 2.24) is 0 Å². The first-order valence-electron chi connectivity index (χ1n) is 18.7. The highest BCUT2D eigenvalue weighted by Gasteiger charge is 2.17. The number of rotatable bonds is 6. The molecule has 2 aromatic heterocycles. The van der Waals surface area contributed by atoms with Gasteiger partial charge in [0, 0.05) is 48.0 Å². The van der Waals surface area contributed by atoms with Crippen LogP contribution in [-0.2, 0) is 0 Å². The maximum atomic E-state index is 6.24. The minimum Gasteiger partial charge on any atom is -0.456 e. The zero-order chi connectivity index (χ0) is 36.3. The molecule has 0 aliphatic heterocycles. The van der Waals surface area contributed by atoms with Crippen LogP contribution in [0.5, 0.6) is 0 Å². The third kappa shape index (κ3) is 5.48. The van der Waals surface area contributed by atoms with Crippen LogP contribution in [0.15, 0.2) is 205 Å². The maximum Gasteiger partial charge on any atom is 0.136 e. The van der Waals surface area contributed by atoms with Crippen molar-refractivity contribution in [2.24, 2.45) is 0 Å². The number of benzene rings is 9. The summed E-state index contributed by atoms with van der Waals surface area (Å²) in [5.41, 5.74) is 12.2. The highest BCUT2D eigenvalue weighted by molar-refractivity contribution is 7.26. The van der Waals surface area contributed by atoms with Gasteiger partial charge in [0.2, 0.25) is 0 Å². The number of para-hydroxylation sites is 1. The molecule has 0 aliphatic carbocycles. The van der Waals surface area contributed by atoms with E-state index < -0.39 is 0 Å². The molecule has 55 heavy (non-hydrogen) atoms. The summed E-state index contributed by atoms with van der Waals surface area (Å²) in [5.74, 6) is 0. The molecule has 0 fully saturated rings. The van der Waals surface area contributed by atoms with Crippen molar-refractivity contribution in [3.8, 4) is 33.4 Å². The fraction of sp³-hybridized carbons (Fsp3) is 0. The largest absolute Gasteiger partial charge is 0.456 e. The number of anilines is 3. The second-order valence-corrected chi connectivity index (χ2v) is 15.2. The Morgan fingerprint density at radius 3 is 1.78 bits per heavy atom. The monoisotopic (exact) mass is 719 g/mol. The lowest BCUT2D eigenvalue weighted by atomic mass is 10.00. The Hall–Kier alpha value is -6.94. The van der Waals surface area contributed by atoms with Crippen LogP contribution in [0.25, 0.3) is 86.3 Å². The van der Waals surface area contributed by atoms with Crippen molar-refractivity contribution < 1.29 is 4.42 Å². The molecule has 11 rings (SSSR count). The van der Waals surface area contributed by atoms with Gasteiger partial charge >= 0.3 is 0 Å². The lowest BCUT2D eigenvalue weighted by Gasteiger charge is -2.26. The van der Waals surface area contributed by atoms with E-state index in [0.29, 0.717) is 0 Å². The van der Waals surface area contributed by atoms with Crippen LogP contribution in [0.3, 0.4) is 0 Å². The van der Waals surface area contributed by atoms with E-state index in [9.17, 15) is 0 Å². The Kier molecular flexibility index (Phi) is 7.39. The number of nitrogens with zero attached hydrogens (tertiary/aromatic N) is 1. The summed E-state index contributed by atoms with van der Waals surface area (Å²) in [4.78, 5) is 2.37. The van der Waals surface area contributed by atoms with E-state index in [1.165, 1.54) is 53.2 Å². The third-order valence-corrected chi connectivity index (χ3v) is 12.1. The van der Waals surface area contributed by atoms with Crippen LogP contribution in [0, 0.1) is 0 Å². The topological polar surface area (TPSA) is 16.4 Å². The van der Waals surface area contributed by atoms with E-state index in [4.69, 9.17) is 4.42 Å².